The van der Waals surface area contributed by atoms with Crippen LogP contribution in [0.25, 0.3) is 0 Å². The van der Waals surface area contributed by atoms with Gasteiger partial charge in [-0.3, -0.25) is 0 Å². The zero-order chi connectivity index (χ0) is 11.4. The Morgan fingerprint density at radius 2 is 2.25 bits per heavy atom. The minimum Gasteiger partial charge on any atom is -0.473 e. The average Bonchev–Trinajstić information content (AvgIpc) is 2.32. The van der Waals surface area contributed by atoms with Crippen molar-refractivity contribution in [2.45, 2.75) is 45.1 Å². The molecule has 0 saturated heterocycles. The number of nitrogens with zero attached hydrogens (tertiary/aromatic N) is 2. The van der Waals surface area contributed by atoms with E-state index in [4.69, 9.17) is 10.5 Å². The van der Waals surface area contributed by atoms with E-state index in [0.29, 0.717) is 17.8 Å². The van der Waals surface area contributed by atoms with Gasteiger partial charge in [-0.15, -0.1) is 10.2 Å². The van der Waals surface area contributed by atoms with Crippen molar-refractivity contribution in [2.75, 3.05) is 5.73 Å². The topological polar surface area (TPSA) is 61.0 Å². The summed E-state index contributed by atoms with van der Waals surface area (Å²) in [5.41, 5.74) is 5.47. The van der Waals surface area contributed by atoms with E-state index in [2.05, 4.69) is 17.1 Å². The van der Waals surface area contributed by atoms with Crippen molar-refractivity contribution in [2.24, 2.45) is 5.92 Å². The van der Waals surface area contributed by atoms with Crippen LogP contribution in [0.2, 0.25) is 0 Å². The highest BCUT2D eigenvalue weighted by atomic mass is 16.5. The van der Waals surface area contributed by atoms with Gasteiger partial charge in [0.05, 0.1) is 0 Å². The SMILES string of the molecule is CCC1CCCC(Oc2ccc(N)nn2)C1. The first-order chi connectivity index (χ1) is 7.78. The summed E-state index contributed by atoms with van der Waals surface area (Å²) < 4.78 is 5.81. The normalized spacial score (nSPS) is 25.3. The zero-order valence-corrected chi connectivity index (χ0v) is 9.72. The van der Waals surface area contributed by atoms with Crippen LogP contribution in [0.15, 0.2) is 12.1 Å². The maximum Gasteiger partial charge on any atom is 0.233 e. The molecule has 2 rings (SSSR count). The van der Waals surface area contributed by atoms with Crippen molar-refractivity contribution in [3.05, 3.63) is 12.1 Å². The molecule has 1 fully saturated rings. The summed E-state index contributed by atoms with van der Waals surface area (Å²) in [6.45, 7) is 2.25. The molecule has 1 aromatic heterocycles. The van der Waals surface area contributed by atoms with Gasteiger partial charge in [0, 0.05) is 6.07 Å². The lowest BCUT2D eigenvalue weighted by Crippen LogP contribution is -2.25. The lowest BCUT2D eigenvalue weighted by Gasteiger charge is -2.28. The molecule has 0 aromatic carbocycles. The predicted molar refractivity (Wildman–Crippen MR) is 63.1 cm³/mol. The third-order valence-corrected chi connectivity index (χ3v) is 3.26. The van der Waals surface area contributed by atoms with Crippen LogP contribution in [0.3, 0.4) is 0 Å². The monoisotopic (exact) mass is 221 g/mol. The van der Waals surface area contributed by atoms with Crippen molar-refractivity contribution < 1.29 is 4.74 Å². The summed E-state index contributed by atoms with van der Waals surface area (Å²) in [7, 11) is 0. The van der Waals surface area contributed by atoms with Crippen LogP contribution in [0.5, 0.6) is 5.88 Å². The minimum atomic E-state index is 0.302. The average molecular weight is 221 g/mol. The number of ether oxygens (including phenoxy) is 1. The summed E-state index contributed by atoms with van der Waals surface area (Å²) in [6.07, 6.45) is 6.41. The van der Waals surface area contributed by atoms with Gasteiger partial charge in [0.2, 0.25) is 5.88 Å². The van der Waals surface area contributed by atoms with Crippen molar-refractivity contribution in [1.82, 2.24) is 10.2 Å². The van der Waals surface area contributed by atoms with E-state index in [1.54, 1.807) is 12.1 Å². The molecule has 1 aliphatic carbocycles. The Bertz CT molecular complexity index is 326. The van der Waals surface area contributed by atoms with Gasteiger partial charge in [-0.2, -0.15) is 0 Å². The lowest BCUT2D eigenvalue weighted by molar-refractivity contribution is 0.116. The van der Waals surface area contributed by atoms with Crippen molar-refractivity contribution >= 4 is 5.82 Å². The van der Waals surface area contributed by atoms with Gasteiger partial charge in [-0.25, -0.2) is 0 Å². The van der Waals surface area contributed by atoms with Crippen molar-refractivity contribution in [3.63, 3.8) is 0 Å². The number of aromatic nitrogens is 2. The molecule has 1 saturated carbocycles. The first-order valence-electron chi connectivity index (χ1n) is 6.03. The molecule has 1 aromatic rings. The van der Waals surface area contributed by atoms with Crippen LogP contribution < -0.4 is 10.5 Å². The number of rotatable bonds is 3. The lowest BCUT2D eigenvalue weighted by atomic mass is 9.85. The standard InChI is InChI=1S/C12H19N3O/c1-2-9-4-3-5-10(8-9)16-12-7-6-11(13)14-15-12/h6-7,9-10H,2-5,8H2,1H3,(H2,13,14). The molecular formula is C12H19N3O. The highest BCUT2D eigenvalue weighted by molar-refractivity contribution is 5.27. The quantitative estimate of drug-likeness (QED) is 0.851. The van der Waals surface area contributed by atoms with E-state index in [9.17, 15) is 0 Å². The number of anilines is 1. The van der Waals surface area contributed by atoms with Crippen LogP contribution in [-0.4, -0.2) is 16.3 Å². The molecule has 16 heavy (non-hydrogen) atoms. The van der Waals surface area contributed by atoms with E-state index in [1.165, 1.54) is 19.3 Å². The van der Waals surface area contributed by atoms with Crippen LogP contribution in [-0.2, 0) is 0 Å². The van der Waals surface area contributed by atoms with E-state index < -0.39 is 0 Å². The number of nitrogens with two attached hydrogens (primary N) is 1. The predicted octanol–water partition coefficient (Wildman–Crippen LogP) is 2.41. The van der Waals surface area contributed by atoms with E-state index >= 15 is 0 Å². The zero-order valence-electron chi connectivity index (χ0n) is 9.72. The molecule has 2 atom stereocenters. The second kappa shape index (κ2) is 5.14. The fourth-order valence-corrected chi connectivity index (χ4v) is 2.28. The molecule has 0 radical (unpaired) electrons. The molecule has 0 aliphatic heterocycles. The Balaban J connectivity index is 1.91. The Hall–Kier alpha value is -1.32. The second-order valence-electron chi connectivity index (χ2n) is 4.48. The van der Waals surface area contributed by atoms with Gasteiger partial charge in [0.25, 0.3) is 0 Å². The molecule has 4 nitrogen and oxygen atoms in total. The molecule has 2 unspecified atom stereocenters. The molecule has 1 heterocycles. The van der Waals surface area contributed by atoms with Crippen molar-refractivity contribution in [1.29, 1.82) is 0 Å². The summed E-state index contributed by atoms with van der Waals surface area (Å²) in [6, 6.07) is 3.51. The largest absolute Gasteiger partial charge is 0.473 e. The number of hydrogen-bond donors (Lipinski definition) is 1. The van der Waals surface area contributed by atoms with E-state index in [1.807, 2.05) is 0 Å². The Labute approximate surface area is 96.2 Å². The summed E-state index contributed by atoms with van der Waals surface area (Å²) >= 11 is 0. The molecule has 2 N–H and O–H groups in total. The van der Waals surface area contributed by atoms with E-state index in [0.717, 1.165) is 18.8 Å². The van der Waals surface area contributed by atoms with Gasteiger partial charge in [-0.05, 0) is 31.2 Å². The van der Waals surface area contributed by atoms with Gasteiger partial charge in [0.1, 0.15) is 11.9 Å². The Morgan fingerprint density at radius 3 is 2.94 bits per heavy atom. The maximum absolute atomic E-state index is 5.81. The fourth-order valence-electron chi connectivity index (χ4n) is 2.28. The van der Waals surface area contributed by atoms with Crippen molar-refractivity contribution in [3.8, 4) is 5.88 Å². The molecule has 0 spiro atoms. The van der Waals surface area contributed by atoms with Gasteiger partial charge in [0.15, 0.2) is 0 Å². The molecule has 0 amide bonds. The maximum atomic E-state index is 5.81. The first kappa shape index (κ1) is 11.2. The third-order valence-electron chi connectivity index (χ3n) is 3.26. The number of nitrogen functional groups attached to an aromatic ring is 1. The van der Waals surface area contributed by atoms with Crippen LogP contribution >= 0.6 is 0 Å². The summed E-state index contributed by atoms with van der Waals surface area (Å²) in [5.74, 6) is 1.83. The Kier molecular flexibility index (Phi) is 3.59. The van der Waals surface area contributed by atoms with Gasteiger partial charge < -0.3 is 10.5 Å². The van der Waals surface area contributed by atoms with Gasteiger partial charge >= 0.3 is 0 Å². The molecule has 88 valence electrons. The van der Waals surface area contributed by atoms with Crippen LogP contribution in [0, 0.1) is 5.92 Å². The van der Waals surface area contributed by atoms with Crippen LogP contribution in [0.4, 0.5) is 5.82 Å². The minimum absolute atomic E-state index is 0.302. The molecular weight excluding hydrogens is 202 g/mol. The fraction of sp³-hybridized carbons (Fsp3) is 0.667. The second-order valence-corrected chi connectivity index (χ2v) is 4.48. The third kappa shape index (κ3) is 2.84. The van der Waals surface area contributed by atoms with Gasteiger partial charge in [-0.1, -0.05) is 19.8 Å². The molecule has 4 heteroatoms. The molecule has 1 aliphatic rings. The summed E-state index contributed by atoms with van der Waals surface area (Å²) in [5, 5.41) is 7.71. The van der Waals surface area contributed by atoms with E-state index in [-0.39, 0.29) is 0 Å². The molecule has 0 bridgehead atoms. The highest BCUT2D eigenvalue weighted by Gasteiger charge is 2.22. The number of hydrogen-bond acceptors (Lipinski definition) is 4. The highest BCUT2D eigenvalue weighted by Crippen LogP contribution is 2.28. The summed E-state index contributed by atoms with van der Waals surface area (Å²) in [4.78, 5) is 0. The Morgan fingerprint density at radius 1 is 1.38 bits per heavy atom. The smallest absolute Gasteiger partial charge is 0.233 e. The van der Waals surface area contributed by atoms with Crippen LogP contribution in [0.1, 0.15) is 39.0 Å². The first-order valence-corrected chi connectivity index (χ1v) is 6.03.